The number of rotatable bonds is 5. The third-order valence-electron chi connectivity index (χ3n) is 5.02. The first kappa shape index (κ1) is 19.2. The minimum absolute atomic E-state index is 0.0897. The number of hydrogen-bond donors (Lipinski definition) is 1. The molecule has 9 heteroatoms. The van der Waals surface area contributed by atoms with Crippen molar-refractivity contribution in [2.45, 2.75) is 49.8 Å². The van der Waals surface area contributed by atoms with Gasteiger partial charge in [-0.25, -0.2) is 0 Å². The molecule has 1 N–H and O–H groups in total. The summed E-state index contributed by atoms with van der Waals surface area (Å²) in [5.41, 5.74) is -4.94. The second kappa shape index (κ2) is 6.31. The van der Waals surface area contributed by atoms with Crippen LogP contribution in [0.25, 0.3) is 0 Å². The van der Waals surface area contributed by atoms with Crippen molar-refractivity contribution >= 4 is 0 Å². The van der Waals surface area contributed by atoms with E-state index in [0.717, 1.165) is 25.7 Å². The summed E-state index contributed by atoms with van der Waals surface area (Å²) < 4.78 is 103. The average molecular weight is 364 g/mol. The van der Waals surface area contributed by atoms with E-state index in [1.807, 2.05) is 0 Å². The molecule has 4 unspecified atom stereocenters. The summed E-state index contributed by atoms with van der Waals surface area (Å²) in [6, 6.07) is 0. The van der Waals surface area contributed by atoms with Gasteiger partial charge >= 0.3 is 18.2 Å². The average Bonchev–Trinajstić information content (AvgIpc) is 3.07. The molecule has 0 saturated heterocycles. The largest absolute Gasteiger partial charge is 0.423 e. The molecule has 0 aromatic rings. The molecule has 0 spiro atoms. The summed E-state index contributed by atoms with van der Waals surface area (Å²) in [6.45, 7) is 0. The van der Waals surface area contributed by atoms with Crippen molar-refractivity contribution in [1.29, 1.82) is 0 Å². The van der Waals surface area contributed by atoms with Gasteiger partial charge in [-0.3, -0.25) is 0 Å². The normalized spacial score (nSPS) is 30.0. The first-order valence-corrected chi connectivity index (χ1v) is 7.45. The Bertz CT molecular complexity index is 534. The lowest BCUT2D eigenvalue weighted by molar-refractivity contribution is -0.324. The highest BCUT2D eigenvalue weighted by Gasteiger charge is 2.71. The summed E-state index contributed by atoms with van der Waals surface area (Å²) in [5, 5.41) is 9.37. The molecular weight excluding hydrogens is 348 g/mol. The maximum Gasteiger partial charge on any atom is 0.423 e. The molecule has 138 valence electrons. The smallest absolute Gasteiger partial charge is 0.375 e. The number of halogens is 8. The minimum atomic E-state index is -6.00. The SMILES string of the molecule is OC(CC=CC1CC2CCC1C2)(C(F)(F)F)C(F)(F)C(F)=C(F)F. The monoisotopic (exact) mass is 364 g/mol. The third kappa shape index (κ3) is 3.19. The summed E-state index contributed by atoms with van der Waals surface area (Å²) in [4.78, 5) is 0. The van der Waals surface area contributed by atoms with Crippen LogP contribution in [-0.2, 0) is 0 Å². The van der Waals surface area contributed by atoms with Gasteiger partial charge in [-0.1, -0.05) is 18.6 Å². The number of allylic oxidation sites excluding steroid dienone is 1. The topological polar surface area (TPSA) is 20.2 Å². The van der Waals surface area contributed by atoms with Gasteiger partial charge in [0, 0.05) is 6.42 Å². The molecule has 2 rings (SSSR count). The molecular formula is C15H16F8O. The van der Waals surface area contributed by atoms with Crippen molar-refractivity contribution in [2.24, 2.45) is 17.8 Å². The van der Waals surface area contributed by atoms with Crippen molar-refractivity contribution in [3.8, 4) is 0 Å². The maximum absolute atomic E-state index is 13.5. The van der Waals surface area contributed by atoms with Gasteiger partial charge in [-0.05, 0) is 37.0 Å². The summed E-state index contributed by atoms with van der Waals surface area (Å²) in [7, 11) is 0. The van der Waals surface area contributed by atoms with Crippen LogP contribution in [-0.4, -0.2) is 22.8 Å². The summed E-state index contributed by atoms with van der Waals surface area (Å²) in [6.07, 6.45) is -5.77. The van der Waals surface area contributed by atoms with E-state index in [1.165, 1.54) is 6.08 Å². The Morgan fingerprint density at radius 1 is 1.00 bits per heavy atom. The molecule has 2 bridgehead atoms. The van der Waals surface area contributed by atoms with Crippen molar-refractivity contribution in [3.63, 3.8) is 0 Å². The van der Waals surface area contributed by atoms with Crippen LogP contribution < -0.4 is 0 Å². The highest BCUT2D eigenvalue weighted by Crippen LogP contribution is 2.51. The maximum atomic E-state index is 13.5. The van der Waals surface area contributed by atoms with Crippen LogP contribution in [0.3, 0.4) is 0 Å². The highest BCUT2D eigenvalue weighted by molar-refractivity contribution is 5.18. The predicted molar refractivity (Wildman–Crippen MR) is 69.0 cm³/mol. The molecule has 1 nitrogen and oxygen atoms in total. The van der Waals surface area contributed by atoms with Gasteiger partial charge in [0.05, 0.1) is 0 Å². The van der Waals surface area contributed by atoms with Crippen LogP contribution in [0.4, 0.5) is 35.1 Å². The molecule has 0 aromatic carbocycles. The standard InChI is InChI=1S/C15H16F8O/c16-11(12(17)18)14(19,20)13(24,15(21,22)23)5-1-2-9-6-8-3-4-10(9)7-8/h1-2,8-10,24H,3-7H2. The molecule has 2 aliphatic rings. The zero-order valence-corrected chi connectivity index (χ0v) is 12.4. The van der Waals surface area contributed by atoms with E-state index in [9.17, 15) is 40.2 Å². The lowest BCUT2D eigenvalue weighted by Gasteiger charge is -2.35. The Hall–Kier alpha value is -1.12. The molecule has 0 aliphatic heterocycles. The van der Waals surface area contributed by atoms with Crippen LogP contribution in [0.5, 0.6) is 0 Å². The molecule has 24 heavy (non-hydrogen) atoms. The van der Waals surface area contributed by atoms with Gasteiger partial charge in [0.15, 0.2) is 0 Å². The molecule has 2 aliphatic carbocycles. The second-order valence-corrected chi connectivity index (χ2v) is 6.48. The van der Waals surface area contributed by atoms with E-state index in [4.69, 9.17) is 0 Å². The van der Waals surface area contributed by atoms with Crippen LogP contribution in [0.1, 0.15) is 32.1 Å². The van der Waals surface area contributed by atoms with E-state index in [0.29, 0.717) is 12.0 Å². The van der Waals surface area contributed by atoms with Crippen molar-refractivity contribution in [3.05, 3.63) is 24.1 Å². The summed E-state index contributed by atoms with van der Waals surface area (Å²) in [5.74, 6) is -8.74. The zero-order valence-electron chi connectivity index (χ0n) is 12.4. The quantitative estimate of drug-likeness (QED) is 0.513. The fourth-order valence-electron chi connectivity index (χ4n) is 3.67. The first-order valence-electron chi connectivity index (χ1n) is 7.45. The van der Waals surface area contributed by atoms with Crippen LogP contribution in [0.15, 0.2) is 24.1 Å². The van der Waals surface area contributed by atoms with Gasteiger partial charge in [0.2, 0.25) is 11.4 Å². The number of aliphatic hydroxyl groups is 1. The van der Waals surface area contributed by atoms with E-state index in [1.54, 1.807) is 0 Å². The van der Waals surface area contributed by atoms with Gasteiger partial charge in [-0.15, -0.1) is 0 Å². The molecule has 0 radical (unpaired) electrons. The lowest BCUT2D eigenvalue weighted by Crippen LogP contribution is -2.59. The van der Waals surface area contributed by atoms with Crippen molar-refractivity contribution in [2.75, 3.05) is 0 Å². The Morgan fingerprint density at radius 2 is 1.62 bits per heavy atom. The molecule has 0 heterocycles. The van der Waals surface area contributed by atoms with Crippen LogP contribution in [0, 0.1) is 17.8 Å². The van der Waals surface area contributed by atoms with E-state index >= 15 is 0 Å². The van der Waals surface area contributed by atoms with E-state index < -0.39 is 36.0 Å². The fraction of sp³-hybridized carbons (Fsp3) is 0.733. The summed E-state index contributed by atoms with van der Waals surface area (Å²) >= 11 is 0. The minimum Gasteiger partial charge on any atom is -0.375 e. The zero-order chi connectivity index (χ0) is 18.3. The number of hydrogen-bond acceptors (Lipinski definition) is 1. The van der Waals surface area contributed by atoms with Gasteiger partial charge in [0.25, 0.3) is 0 Å². The predicted octanol–water partition coefficient (Wildman–Crippen LogP) is 5.38. The molecule has 0 aromatic heterocycles. The lowest BCUT2D eigenvalue weighted by atomic mass is 9.86. The number of alkyl halides is 5. The first-order chi connectivity index (χ1) is 10.9. The molecule has 2 saturated carbocycles. The van der Waals surface area contributed by atoms with Crippen LogP contribution in [0.2, 0.25) is 0 Å². The fourth-order valence-corrected chi connectivity index (χ4v) is 3.67. The Labute approximate surface area is 133 Å². The van der Waals surface area contributed by atoms with Gasteiger partial charge in [0.1, 0.15) is 0 Å². The van der Waals surface area contributed by atoms with Gasteiger partial charge in [-0.2, -0.15) is 35.1 Å². The molecule has 2 fully saturated rings. The molecule has 0 amide bonds. The Balaban J connectivity index is 2.21. The van der Waals surface area contributed by atoms with Crippen molar-refractivity contribution in [1.82, 2.24) is 0 Å². The highest BCUT2D eigenvalue weighted by atomic mass is 19.4. The van der Waals surface area contributed by atoms with E-state index in [-0.39, 0.29) is 11.8 Å². The van der Waals surface area contributed by atoms with E-state index in [2.05, 4.69) is 0 Å². The molecule has 4 atom stereocenters. The van der Waals surface area contributed by atoms with Gasteiger partial charge < -0.3 is 5.11 Å². The second-order valence-electron chi connectivity index (χ2n) is 6.48. The van der Waals surface area contributed by atoms with Crippen LogP contribution >= 0.6 is 0 Å². The third-order valence-corrected chi connectivity index (χ3v) is 5.02. The van der Waals surface area contributed by atoms with Crippen molar-refractivity contribution < 1.29 is 40.2 Å². The Morgan fingerprint density at radius 3 is 2.04 bits per heavy atom. The number of fused-ring (bicyclic) bond motifs is 2. The Kier molecular flexibility index (Phi) is 5.05.